The molecule has 1 fully saturated rings. The van der Waals surface area contributed by atoms with E-state index in [1.165, 1.54) is 49.0 Å². The van der Waals surface area contributed by atoms with Gasteiger partial charge in [0.25, 0.3) is 0 Å². The number of ether oxygens (including phenoxy) is 3. The van der Waals surface area contributed by atoms with Crippen molar-refractivity contribution in [1.29, 1.82) is 5.26 Å². The lowest BCUT2D eigenvalue weighted by Gasteiger charge is -2.24. The molecular formula is C23H33N5O6. The molecule has 4 atom stereocenters. The summed E-state index contributed by atoms with van der Waals surface area (Å²) in [4.78, 5) is 15.8. The Bertz CT molecular complexity index is 992. The molecule has 3 heterocycles. The number of nitrogen functional groups attached to an aromatic ring is 1. The van der Waals surface area contributed by atoms with Crippen molar-refractivity contribution in [3.63, 3.8) is 0 Å². The van der Waals surface area contributed by atoms with Gasteiger partial charge in [-0.25, -0.2) is 14.3 Å². The number of hydrogen-bond acceptors (Lipinski definition) is 10. The van der Waals surface area contributed by atoms with Crippen LogP contribution in [0.1, 0.15) is 64.0 Å². The Balaban J connectivity index is 1.49. The van der Waals surface area contributed by atoms with Gasteiger partial charge in [0.2, 0.25) is 5.60 Å². The number of aromatic nitrogens is 3. The van der Waals surface area contributed by atoms with Crippen molar-refractivity contribution in [2.75, 3.05) is 18.9 Å². The summed E-state index contributed by atoms with van der Waals surface area (Å²) in [5, 5.41) is 35.1. The molecule has 0 spiro atoms. The number of nitrogens with zero attached hydrogens (tertiary/aromatic N) is 4. The molecule has 1 saturated heterocycles. The predicted octanol–water partition coefficient (Wildman–Crippen LogP) is 2.44. The maximum Gasteiger partial charge on any atom is 0.508 e. The van der Waals surface area contributed by atoms with Crippen molar-refractivity contribution >= 4 is 17.5 Å². The second-order valence-corrected chi connectivity index (χ2v) is 8.48. The fourth-order valence-electron chi connectivity index (χ4n) is 4.13. The van der Waals surface area contributed by atoms with Crippen LogP contribution in [0.4, 0.5) is 10.6 Å². The van der Waals surface area contributed by atoms with Gasteiger partial charge in [0.15, 0.2) is 5.82 Å². The smallest absolute Gasteiger partial charge is 0.434 e. The minimum absolute atomic E-state index is 0.172. The van der Waals surface area contributed by atoms with E-state index < -0.39 is 36.7 Å². The molecule has 34 heavy (non-hydrogen) atoms. The summed E-state index contributed by atoms with van der Waals surface area (Å²) in [6.45, 7) is 2.04. The van der Waals surface area contributed by atoms with Crippen molar-refractivity contribution in [2.45, 2.75) is 82.2 Å². The van der Waals surface area contributed by atoms with E-state index in [1.54, 1.807) is 6.07 Å². The highest BCUT2D eigenvalue weighted by Crippen LogP contribution is 2.40. The fourth-order valence-corrected chi connectivity index (χ4v) is 4.13. The number of rotatable bonds is 12. The van der Waals surface area contributed by atoms with E-state index in [9.17, 15) is 20.3 Å². The molecule has 2 aromatic rings. The standard InChI is InChI=1S/C23H33N5O6/c1-2-3-4-5-6-7-8-9-12-32-22(31)33-13-17-19(29)20(30)23(14-24,34-17)18-11-10-16-21(25)26-15-27-28(16)18/h10-11,15,17,19-20,29-30H,2-9,12-13H2,1H3,(H2,25,26,27)/t17-,19-,20-,23+/m1/s1. The summed E-state index contributed by atoms with van der Waals surface area (Å²) >= 11 is 0. The first-order valence-electron chi connectivity index (χ1n) is 11.8. The number of aliphatic hydroxyl groups excluding tert-OH is 2. The van der Waals surface area contributed by atoms with Crippen LogP contribution in [0.15, 0.2) is 18.5 Å². The Labute approximate surface area is 198 Å². The maximum absolute atomic E-state index is 11.9. The molecule has 11 nitrogen and oxygen atoms in total. The zero-order chi connectivity index (χ0) is 24.6. The second-order valence-electron chi connectivity index (χ2n) is 8.48. The van der Waals surface area contributed by atoms with Gasteiger partial charge < -0.3 is 30.2 Å². The van der Waals surface area contributed by atoms with Gasteiger partial charge in [-0.15, -0.1) is 0 Å². The number of nitriles is 1. The van der Waals surface area contributed by atoms with Gasteiger partial charge in [-0.2, -0.15) is 10.4 Å². The van der Waals surface area contributed by atoms with Gasteiger partial charge in [0.05, 0.1) is 12.3 Å². The van der Waals surface area contributed by atoms with Crippen LogP contribution >= 0.6 is 0 Å². The van der Waals surface area contributed by atoms with E-state index >= 15 is 0 Å². The Kier molecular flexibility index (Phi) is 9.04. The first-order chi connectivity index (χ1) is 16.4. The Morgan fingerprint density at radius 3 is 2.62 bits per heavy atom. The molecular weight excluding hydrogens is 442 g/mol. The molecule has 0 bridgehead atoms. The quantitative estimate of drug-likeness (QED) is 0.306. The van der Waals surface area contributed by atoms with E-state index in [0.29, 0.717) is 5.52 Å². The number of hydrogen-bond donors (Lipinski definition) is 3. The third-order valence-electron chi connectivity index (χ3n) is 6.07. The molecule has 11 heteroatoms. The van der Waals surface area contributed by atoms with Crippen LogP contribution in [-0.4, -0.2) is 62.5 Å². The number of fused-ring (bicyclic) bond motifs is 1. The van der Waals surface area contributed by atoms with Gasteiger partial charge in [-0.3, -0.25) is 0 Å². The molecule has 0 unspecified atom stereocenters. The van der Waals surface area contributed by atoms with Gasteiger partial charge >= 0.3 is 6.16 Å². The van der Waals surface area contributed by atoms with E-state index in [2.05, 4.69) is 17.0 Å². The summed E-state index contributed by atoms with van der Waals surface area (Å²) in [6.07, 6.45) is 5.06. The fraction of sp³-hybridized carbons (Fsp3) is 0.652. The average molecular weight is 476 g/mol. The lowest BCUT2D eigenvalue weighted by Crippen LogP contribution is -2.41. The van der Waals surface area contributed by atoms with E-state index in [4.69, 9.17) is 19.9 Å². The summed E-state index contributed by atoms with van der Waals surface area (Å²) in [6, 6.07) is 5.03. The number of anilines is 1. The number of nitrogens with two attached hydrogens (primary N) is 1. The normalized spacial score (nSPS) is 24.2. The third-order valence-corrected chi connectivity index (χ3v) is 6.07. The van der Waals surface area contributed by atoms with E-state index in [-0.39, 0.29) is 18.1 Å². The third kappa shape index (κ3) is 5.58. The highest BCUT2D eigenvalue weighted by Gasteiger charge is 2.57. The van der Waals surface area contributed by atoms with Gasteiger partial charge in [-0.1, -0.05) is 51.9 Å². The van der Waals surface area contributed by atoms with E-state index in [1.807, 2.05) is 6.07 Å². The van der Waals surface area contributed by atoms with Crippen molar-refractivity contribution in [1.82, 2.24) is 14.6 Å². The summed E-state index contributed by atoms with van der Waals surface area (Å²) in [5.41, 5.74) is 4.48. The Morgan fingerprint density at radius 1 is 1.21 bits per heavy atom. The molecule has 4 N–H and O–H groups in total. The molecule has 0 amide bonds. The van der Waals surface area contributed by atoms with Crippen LogP contribution in [0.2, 0.25) is 0 Å². The summed E-state index contributed by atoms with van der Waals surface area (Å²) < 4.78 is 17.2. The zero-order valence-corrected chi connectivity index (χ0v) is 19.4. The van der Waals surface area contributed by atoms with E-state index in [0.717, 1.165) is 19.3 Å². The zero-order valence-electron chi connectivity index (χ0n) is 19.4. The molecule has 0 aliphatic carbocycles. The van der Waals surface area contributed by atoms with Crippen LogP contribution < -0.4 is 5.73 Å². The van der Waals surface area contributed by atoms with Crippen LogP contribution in [-0.2, 0) is 19.8 Å². The number of aliphatic hydroxyl groups is 2. The summed E-state index contributed by atoms with van der Waals surface area (Å²) in [7, 11) is 0. The van der Waals surface area contributed by atoms with Crippen LogP contribution in [0.25, 0.3) is 5.52 Å². The molecule has 2 aromatic heterocycles. The minimum atomic E-state index is -1.94. The van der Waals surface area contributed by atoms with Gasteiger partial charge in [0.1, 0.15) is 42.8 Å². The molecule has 3 rings (SSSR count). The van der Waals surface area contributed by atoms with Crippen LogP contribution in [0.3, 0.4) is 0 Å². The lowest BCUT2D eigenvalue weighted by molar-refractivity contribution is -0.0720. The lowest BCUT2D eigenvalue weighted by atomic mass is 9.92. The first-order valence-corrected chi connectivity index (χ1v) is 11.8. The Hall–Kier alpha value is -2.94. The van der Waals surface area contributed by atoms with Crippen molar-refractivity contribution in [2.24, 2.45) is 0 Å². The molecule has 0 saturated carbocycles. The van der Waals surface area contributed by atoms with Gasteiger partial charge in [0, 0.05) is 0 Å². The monoisotopic (exact) mass is 475 g/mol. The number of carbonyl (C=O) groups is 1. The molecule has 0 aromatic carbocycles. The van der Waals surface area contributed by atoms with Crippen LogP contribution in [0.5, 0.6) is 0 Å². The van der Waals surface area contributed by atoms with Crippen molar-refractivity contribution in [3.8, 4) is 6.07 Å². The largest absolute Gasteiger partial charge is 0.508 e. The minimum Gasteiger partial charge on any atom is -0.434 e. The predicted molar refractivity (Wildman–Crippen MR) is 121 cm³/mol. The van der Waals surface area contributed by atoms with Crippen molar-refractivity contribution < 1.29 is 29.2 Å². The molecule has 0 radical (unpaired) electrons. The average Bonchev–Trinajstić information content (AvgIpc) is 3.38. The highest BCUT2D eigenvalue weighted by atomic mass is 16.7. The first kappa shape index (κ1) is 25.7. The second kappa shape index (κ2) is 12.0. The SMILES string of the molecule is CCCCCCCCCCOC(=O)OC[C@H]1O[C@@](C#N)(c2ccc3c(N)ncnn23)[C@H](O)[C@@H]1O. The molecule has 1 aliphatic rings. The van der Waals surface area contributed by atoms with Crippen LogP contribution in [0, 0.1) is 11.3 Å². The summed E-state index contributed by atoms with van der Waals surface area (Å²) in [5.74, 6) is 0.182. The highest BCUT2D eigenvalue weighted by molar-refractivity contribution is 5.66. The van der Waals surface area contributed by atoms with Gasteiger partial charge in [-0.05, 0) is 18.6 Å². The maximum atomic E-state index is 11.9. The van der Waals surface area contributed by atoms with Crippen molar-refractivity contribution in [3.05, 3.63) is 24.2 Å². The Morgan fingerprint density at radius 2 is 1.91 bits per heavy atom. The molecule has 1 aliphatic heterocycles. The topological polar surface area (TPSA) is 165 Å². The molecule has 186 valence electrons. The number of carbonyl (C=O) groups excluding carboxylic acids is 1. The number of unbranched alkanes of at least 4 members (excludes halogenated alkanes) is 7.